The normalized spacial score (nSPS) is 10.4. The number of aromatic nitrogens is 3. The second-order valence-electron chi connectivity index (χ2n) is 3.60. The fourth-order valence-electron chi connectivity index (χ4n) is 1.39. The topological polar surface area (TPSA) is 109 Å². The van der Waals surface area contributed by atoms with Gasteiger partial charge in [-0.05, 0) is 36.9 Å². The molecule has 0 bridgehead atoms. The maximum atomic E-state index is 11.5. The van der Waals surface area contributed by atoms with Crippen molar-refractivity contribution in [1.29, 1.82) is 0 Å². The molecule has 0 atom stereocenters. The molecule has 1 aromatic heterocycles. The van der Waals surface area contributed by atoms with Gasteiger partial charge in [0.15, 0.2) is 0 Å². The number of carbonyl (C=O) groups is 1. The summed E-state index contributed by atoms with van der Waals surface area (Å²) in [6.45, 7) is 2.07. The highest BCUT2D eigenvalue weighted by atomic mass is 32.2. The summed E-state index contributed by atoms with van der Waals surface area (Å²) in [5, 5.41) is 8.02. The lowest BCUT2D eigenvalue weighted by Crippen LogP contribution is -2.08. The van der Waals surface area contributed by atoms with E-state index in [-0.39, 0.29) is 0 Å². The van der Waals surface area contributed by atoms with Crippen molar-refractivity contribution in [2.45, 2.75) is 17.0 Å². The van der Waals surface area contributed by atoms with Crippen LogP contribution in [0.15, 0.2) is 34.6 Å². The van der Waals surface area contributed by atoms with Crippen molar-refractivity contribution in [3.8, 4) is 0 Å². The van der Waals surface area contributed by atoms with Crippen molar-refractivity contribution >= 4 is 23.4 Å². The Bertz CT molecular complexity index is 599. The van der Waals surface area contributed by atoms with Crippen molar-refractivity contribution < 1.29 is 9.53 Å². The molecule has 0 saturated carbocycles. The van der Waals surface area contributed by atoms with Gasteiger partial charge in [0.1, 0.15) is 6.33 Å². The van der Waals surface area contributed by atoms with Crippen LogP contribution in [0.25, 0.3) is 0 Å². The summed E-state index contributed by atoms with van der Waals surface area (Å²) in [5.74, 6) is 5.22. The molecule has 0 radical (unpaired) electrons. The molecule has 100 valence electrons. The lowest BCUT2D eigenvalue weighted by Gasteiger charge is -2.07. The van der Waals surface area contributed by atoms with Crippen LogP contribution in [0.1, 0.15) is 17.3 Å². The average Bonchev–Trinajstić information content (AvgIpc) is 2.78. The maximum absolute atomic E-state index is 11.5. The number of nitrogens with zero attached hydrogens (tertiary/aromatic N) is 3. The third kappa shape index (κ3) is 2.97. The average molecular weight is 279 g/mol. The molecule has 4 N–H and O–H groups in total. The van der Waals surface area contributed by atoms with Gasteiger partial charge in [-0.2, -0.15) is 0 Å². The Labute approximate surface area is 113 Å². The van der Waals surface area contributed by atoms with E-state index in [1.54, 1.807) is 25.1 Å². The molecule has 0 saturated heterocycles. The molecule has 0 amide bonds. The van der Waals surface area contributed by atoms with Gasteiger partial charge in [0.05, 0.1) is 12.2 Å². The first kappa shape index (κ1) is 13.2. The van der Waals surface area contributed by atoms with Gasteiger partial charge in [0.25, 0.3) is 0 Å². The standard InChI is InChI=1S/C11H13N5O2S/c1-2-18-10(17)7-3-4-9(8(12)5-7)19-11-15-14-6-16(11)13/h3-6H,2,12-13H2,1H3. The predicted molar refractivity (Wildman–Crippen MR) is 71.1 cm³/mol. The Kier molecular flexibility index (Phi) is 3.91. The van der Waals surface area contributed by atoms with E-state index in [1.165, 1.54) is 22.8 Å². The number of carbonyl (C=O) groups excluding carboxylic acids is 1. The van der Waals surface area contributed by atoms with E-state index >= 15 is 0 Å². The highest BCUT2D eigenvalue weighted by molar-refractivity contribution is 7.99. The minimum absolute atomic E-state index is 0.325. The Morgan fingerprint density at radius 3 is 2.89 bits per heavy atom. The second kappa shape index (κ2) is 5.61. The van der Waals surface area contributed by atoms with Crippen LogP contribution in [0.3, 0.4) is 0 Å². The summed E-state index contributed by atoms with van der Waals surface area (Å²) < 4.78 is 6.20. The molecule has 0 aliphatic rings. The summed E-state index contributed by atoms with van der Waals surface area (Å²) in [5.41, 5.74) is 6.77. The van der Waals surface area contributed by atoms with Gasteiger partial charge in [0, 0.05) is 10.6 Å². The van der Waals surface area contributed by atoms with Crippen molar-refractivity contribution in [2.75, 3.05) is 18.2 Å². The number of hydrogen-bond acceptors (Lipinski definition) is 7. The molecule has 19 heavy (non-hydrogen) atoms. The lowest BCUT2D eigenvalue weighted by molar-refractivity contribution is 0.0526. The lowest BCUT2D eigenvalue weighted by atomic mass is 10.2. The minimum Gasteiger partial charge on any atom is -0.462 e. The quantitative estimate of drug-likeness (QED) is 0.486. The molecule has 1 aromatic carbocycles. The van der Waals surface area contributed by atoms with Gasteiger partial charge in [-0.1, -0.05) is 0 Å². The van der Waals surface area contributed by atoms with E-state index in [0.717, 1.165) is 4.90 Å². The SMILES string of the molecule is CCOC(=O)c1ccc(Sc2nncn2N)c(N)c1. The van der Waals surface area contributed by atoms with Gasteiger partial charge < -0.3 is 16.3 Å². The monoisotopic (exact) mass is 279 g/mol. The van der Waals surface area contributed by atoms with E-state index in [4.69, 9.17) is 16.3 Å². The van der Waals surface area contributed by atoms with Crippen LogP contribution in [-0.4, -0.2) is 27.4 Å². The van der Waals surface area contributed by atoms with Crippen LogP contribution < -0.4 is 11.6 Å². The van der Waals surface area contributed by atoms with Crippen molar-refractivity contribution in [2.24, 2.45) is 0 Å². The summed E-state index contributed by atoms with van der Waals surface area (Å²) in [7, 11) is 0. The number of esters is 1. The van der Waals surface area contributed by atoms with E-state index < -0.39 is 5.97 Å². The molecule has 2 aromatic rings. The van der Waals surface area contributed by atoms with Crippen molar-refractivity contribution in [3.63, 3.8) is 0 Å². The zero-order valence-electron chi connectivity index (χ0n) is 10.2. The third-order valence-corrected chi connectivity index (χ3v) is 3.33. The molecular formula is C11H13N5O2S. The summed E-state index contributed by atoms with van der Waals surface area (Å²) in [6, 6.07) is 4.94. The van der Waals surface area contributed by atoms with Crippen LogP contribution in [-0.2, 0) is 4.74 Å². The first-order chi connectivity index (χ1) is 9.11. The predicted octanol–water partition coefficient (Wildman–Crippen LogP) is 0.902. The van der Waals surface area contributed by atoms with Gasteiger partial charge in [-0.15, -0.1) is 10.2 Å². The maximum Gasteiger partial charge on any atom is 0.338 e. The molecule has 1 heterocycles. The first-order valence-corrected chi connectivity index (χ1v) is 6.33. The van der Waals surface area contributed by atoms with Crippen LogP contribution in [0.4, 0.5) is 5.69 Å². The minimum atomic E-state index is -0.396. The summed E-state index contributed by atoms with van der Waals surface area (Å²) in [4.78, 5) is 12.3. The van der Waals surface area contributed by atoms with Gasteiger partial charge in [-0.25, -0.2) is 9.47 Å². The first-order valence-electron chi connectivity index (χ1n) is 5.51. The molecule has 2 rings (SSSR count). The van der Waals surface area contributed by atoms with Crippen molar-refractivity contribution in [3.05, 3.63) is 30.1 Å². The Morgan fingerprint density at radius 1 is 1.53 bits per heavy atom. The van der Waals surface area contributed by atoms with Crippen LogP contribution in [0.5, 0.6) is 0 Å². The fourth-order valence-corrected chi connectivity index (χ4v) is 2.14. The van der Waals surface area contributed by atoms with Gasteiger partial charge in [-0.3, -0.25) is 0 Å². The highest BCUT2D eigenvalue weighted by Gasteiger charge is 2.11. The van der Waals surface area contributed by atoms with Gasteiger partial charge in [0.2, 0.25) is 5.16 Å². The molecule has 0 unspecified atom stereocenters. The largest absolute Gasteiger partial charge is 0.462 e. The highest BCUT2D eigenvalue weighted by Crippen LogP contribution is 2.30. The fraction of sp³-hybridized carbons (Fsp3) is 0.182. The summed E-state index contributed by atoms with van der Waals surface area (Å²) >= 11 is 1.27. The Hall–Kier alpha value is -2.22. The van der Waals surface area contributed by atoms with Crippen LogP contribution in [0.2, 0.25) is 0 Å². The molecule has 0 fully saturated rings. The Morgan fingerprint density at radius 2 is 2.32 bits per heavy atom. The van der Waals surface area contributed by atoms with E-state index in [9.17, 15) is 4.79 Å². The molecule has 8 heteroatoms. The number of rotatable bonds is 4. The van der Waals surface area contributed by atoms with Crippen molar-refractivity contribution in [1.82, 2.24) is 14.9 Å². The number of ether oxygens (including phenoxy) is 1. The van der Waals surface area contributed by atoms with Gasteiger partial charge >= 0.3 is 5.97 Å². The van der Waals surface area contributed by atoms with Crippen LogP contribution >= 0.6 is 11.8 Å². The zero-order chi connectivity index (χ0) is 13.8. The second-order valence-corrected chi connectivity index (χ2v) is 4.61. The number of nitrogens with two attached hydrogens (primary N) is 2. The van der Waals surface area contributed by atoms with E-state index in [0.29, 0.717) is 23.0 Å². The number of hydrogen-bond donors (Lipinski definition) is 2. The van der Waals surface area contributed by atoms with E-state index in [1.807, 2.05) is 0 Å². The van der Waals surface area contributed by atoms with E-state index in [2.05, 4.69) is 10.2 Å². The number of nitrogen functional groups attached to an aromatic ring is 2. The zero-order valence-corrected chi connectivity index (χ0v) is 11.1. The molecule has 0 aliphatic carbocycles. The number of anilines is 1. The third-order valence-electron chi connectivity index (χ3n) is 2.26. The van der Waals surface area contributed by atoms with Crippen LogP contribution in [0, 0.1) is 0 Å². The number of benzene rings is 1. The summed E-state index contributed by atoms with van der Waals surface area (Å²) in [6.07, 6.45) is 1.39. The Balaban J connectivity index is 2.20. The molecule has 0 aliphatic heterocycles. The molecule has 0 spiro atoms. The smallest absolute Gasteiger partial charge is 0.338 e. The molecule has 7 nitrogen and oxygen atoms in total. The molecular weight excluding hydrogens is 266 g/mol.